The number of carbonyl (C=O) groups is 2. The van der Waals surface area contributed by atoms with E-state index in [0.717, 1.165) is 6.42 Å². The van der Waals surface area contributed by atoms with E-state index in [2.05, 4.69) is 5.32 Å². The van der Waals surface area contributed by atoms with Crippen molar-refractivity contribution in [2.45, 2.75) is 45.8 Å². The lowest BCUT2D eigenvalue weighted by Crippen LogP contribution is -2.47. The van der Waals surface area contributed by atoms with Crippen molar-refractivity contribution in [3.63, 3.8) is 0 Å². The number of rotatable bonds is 5. The molecular weight excluding hydrogens is 222 g/mol. The Morgan fingerprint density at radius 3 is 2.53 bits per heavy atom. The van der Waals surface area contributed by atoms with Crippen molar-refractivity contribution in [3.8, 4) is 0 Å². The Morgan fingerprint density at radius 1 is 1.47 bits per heavy atom. The summed E-state index contributed by atoms with van der Waals surface area (Å²) in [4.78, 5) is 22.9. The zero-order chi connectivity index (χ0) is 13.0. The van der Waals surface area contributed by atoms with E-state index in [4.69, 9.17) is 9.84 Å². The summed E-state index contributed by atoms with van der Waals surface area (Å²) >= 11 is 0. The van der Waals surface area contributed by atoms with Gasteiger partial charge in [0.15, 0.2) is 0 Å². The molecule has 17 heavy (non-hydrogen) atoms. The highest BCUT2D eigenvalue weighted by Crippen LogP contribution is 2.20. The number of hydrogen-bond acceptors (Lipinski definition) is 3. The first-order chi connectivity index (χ1) is 7.91. The number of carboxylic acid groups (broad SMARTS) is 1. The maximum atomic E-state index is 11.9. The molecule has 1 fully saturated rings. The summed E-state index contributed by atoms with van der Waals surface area (Å²) in [5.41, 5.74) is 0. The van der Waals surface area contributed by atoms with Crippen LogP contribution in [-0.2, 0) is 14.3 Å². The van der Waals surface area contributed by atoms with Crippen LogP contribution in [0.2, 0.25) is 0 Å². The first-order valence-corrected chi connectivity index (χ1v) is 6.06. The van der Waals surface area contributed by atoms with Crippen LogP contribution in [-0.4, -0.2) is 35.7 Å². The molecule has 0 radical (unpaired) electrons. The Kier molecular flexibility index (Phi) is 4.93. The highest BCUT2D eigenvalue weighted by molar-refractivity contribution is 5.86. The van der Waals surface area contributed by atoms with Crippen LogP contribution in [0.1, 0.15) is 33.6 Å². The third kappa shape index (κ3) is 4.00. The fraction of sp³-hybridized carbons (Fsp3) is 0.833. The molecule has 0 saturated carbocycles. The zero-order valence-electron chi connectivity index (χ0n) is 10.6. The molecule has 0 aromatic heterocycles. The molecule has 0 aliphatic carbocycles. The molecule has 0 aromatic rings. The lowest BCUT2D eigenvalue weighted by Gasteiger charge is -2.20. The number of nitrogens with one attached hydrogen (secondary N) is 1. The Labute approximate surface area is 102 Å². The summed E-state index contributed by atoms with van der Waals surface area (Å²) in [6.45, 7) is 6.37. The molecular formula is C12H21NO4. The maximum absolute atomic E-state index is 11.9. The highest BCUT2D eigenvalue weighted by Gasteiger charge is 2.33. The van der Waals surface area contributed by atoms with Gasteiger partial charge in [0.2, 0.25) is 5.91 Å². The smallest absolute Gasteiger partial charge is 0.326 e. The van der Waals surface area contributed by atoms with Gasteiger partial charge in [-0.1, -0.05) is 20.8 Å². The number of carboxylic acids is 1. The second-order valence-electron chi connectivity index (χ2n) is 5.09. The van der Waals surface area contributed by atoms with Crippen molar-refractivity contribution in [2.24, 2.45) is 11.8 Å². The SMILES string of the molecule is CC(C)C[C@@H](NC(=O)C1OCCC1C)C(=O)O. The zero-order valence-corrected chi connectivity index (χ0v) is 10.6. The second kappa shape index (κ2) is 6.00. The third-order valence-electron chi connectivity index (χ3n) is 2.97. The van der Waals surface area contributed by atoms with Crippen LogP contribution in [0.5, 0.6) is 0 Å². The average molecular weight is 243 g/mol. The van der Waals surface area contributed by atoms with Crippen LogP contribution >= 0.6 is 0 Å². The van der Waals surface area contributed by atoms with Gasteiger partial charge in [-0.2, -0.15) is 0 Å². The Bertz CT molecular complexity index is 290. The molecule has 1 amide bonds. The van der Waals surface area contributed by atoms with E-state index in [1.807, 2.05) is 20.8 Å². The third-order valence-corrected chi connectivity index (χ3v) is 2.97. The lowest BCUT2D eigenvalue weighted by molar-refractivity contribution is -0.144. The minimum absolute atomic E-state index is 0.156. The Hall–Kier alpha value is -1.10. The number of aliphatic carboxylic acids is 1. The van der Waals surface area contributed by atoms with E-state index in [1.54, 1.807) is 0 Å². The van der Waals surface area contributed by atoms with E-state index in [0.29, 0.717) is 13.0 Å². The monoisotopic (exact) mass is 243 g/mol. The van der Waals surface area contributed by atoms with Gasteiger partial charge in [-0.25, -0.2) is 4.79 Å². The number of amides is 1. The van der Waals surface area contributed by atoms with Crippen molar-refractivity contribution < 1.29 is 19.4 Å². The lowest BCUT2D eigenvalue weighted by atomic mass is 10.0. The molecule has 0 aromatic carbocycles. The predicted octanol–water partition coefficient (Wildman–Crippen LogP) is 1.03. The fourth-order valence-corrected chi connectivity index (χ4v) is 1.98. The summed E-state index contributed by atoms with van der Waals surface area (Å²) in [6.07, 6.45) is 0.784. The normalized spacial score (nSPS) is 25.9. The standard InChI is InChI=1S/C12H21NO4/c1-7(2)6-9(12(15)16)13-11(14)10-8(3)4-5-17-10/h7-10H,4-6H2,1-3H3,(H,13,14)(H,15,16)/t8?,9-,10?/m1/s1. The molecule has 0 spiro atoms. The number of ether oxygens (including phenoxy) is 1. The van der Waals surface area contributed by atoms with Gasteiger partial charge < -0.3 is 15.2 Å². The summed E-state index contributed by atoms with van der Waals surface area (Å²) < 4.78 is 5.31. The van der Waals surface area contributed by atoms with E-state index in [9.17, 15) is 9.59 Å². The van der Waals surface area contributed by atoms with Gasteiger partial charge in [-0.15, -0.1) is 0 Å². The molecule has 1 saturated heterocycles. The van der Waals surface area contributed by atoms with Crippen molar-refractivity contribution in [1.29, 1.82) is 0 Å². The van der Waals surface area contributed by atoms with Crippen LogP contribution in [0.3, 0.4) is 0 Å². The Morgan fingerprint density at radius 2 is 2.12 bits per heavy atom. The van der Waals surface area contributed by atoms with Crippen LogP contribution in [0.15, 0.2) is 0 Å². The molecule has 1 aliphatic heterocycles. The summed E-state index contributed by atoms with van der Waals surface area (Å²) in [7, 11) is 0. The van der Waals surface area contributed by atoms with Gasteiger partial charge in [0.1, 0.15) is 12.1 Å². The first kappa shape index (κ1) is 14.0. The van der Waals surface area contributed by atoms with E-state index < -0.39 is 18.1 Å². The van der Waals surface area contributed by atoms with Crippen LogP contribution in [0.4, 0.5) is 0 Å². The second-order valence-corrected chi connectivity index (χ2v) is 5.09. The summed E-state index contributed by atoms with van der Waals surface area (Å²) in [5.74, 6) is -0.914. The number of carbonyl (C=O) groups excluding carboxylic acids is 1. The van der Waals surface area contributed by atoms with Gasteiger partial charge in [0.25, 0.3) is 0 Å². The van der Waals surface area contributed by atoms with E-state index >= 15 is 0 Å². The fourth-order valence-electron chi connectivity index (χ4n) is 1.98. The van der Waals surface area contributed by atoms with Crippen molar-refractivity contribution in [1.82, 2.24) is 5.32 Å². The van der Waals surface area contributed by atoms with Crippen LogP contribution < -0.4 is 5.32 Å². The van der Waals surface area contributed by atoms with Gasteiger partial charge in [-0.05, 0) is 24.7 Å². The minimum atomic E-state index is -0.988. The highest BCUT2D eigenvalue weighted by atomic mass is 16.5. The van der Waals surface area contributed by atoms with Crippen molar-refractivity contribution in [2.75, 3.05) is 6.61 Å². The Balaban J connectivity index is 2.54. The van der Waals surface area contributed by atoms with Crippen molar-refractivity contribution in [3.05, 3.63) is 0 Å². The van der Waals surface area contributed by atoms with Gasteiger partial charge in [0.05, 0.1) is 0 Å². The molecule has 1 aliphatic rings. The van der Waals surface area contributed by atoms with Crippen molar-refractivity contribution >= 4 is 11.9 Å². The molecule has 1 rings (SSSR count). The number of hydrogen-bond donors (Lipinski definition) is 2. The van der Waals surface area contributed by atoms with Crippen LogP contribution in [0, 0.1) is 11.8 Å². The molecule has 98 valence electrons. The van der Waals surface area contributed by atoms with Gasteiger partial charge in [-0.3, -0.25) is 4.79 Å². The predicted molar refractivity (Wildman–Crippen MR) is 62.5 cm³/mol. The largest absolute Gasteiger partial charge is 0.480 e. The summed E-state index contributed by atoms with van der Waals surface area (Å²) in [6, 6.07) is -0.820. The van der Waals surface area contributed by atoms with Crippen LogP contribution in [0.25, 0.3) is 0 Å². The molecule has 1 heterocycles. The average Bonchev–Trinajstić information content (AvgIpc) is 2.62. The van der Waals surface area contributed by atoms with Gasteiger partial charge in [0, 0.05) is 6.61 Å². The summed E-state index contributed by atoms with van der Waals surface area (Å²) in [5, 5.41) is 11.6. The topological polar surface area (TPSA) is 75.6 Å². The van der Waals surface area contributed by atoms with Gasteiger partial charge >= 0.3 is 5.97 Å². The molecule has 0 bridgehead atoms. The maximum Gasteiger partial charge on any atom is 0.326 e. The first-order valence-electron chi connectivity index (χ1n) is 6.06. The molecule has 5 nitrogen and oxygen atoms in total. The van der Waals surface area contributed by atoms with E-state index in [1.165, 1.54) is 0 Å². The molecule has 2 unspecified atom stereocenters. The molecule has 2 N–H and O–H groups in total. The van der Waals surface area contributed by atoms with E-state index in [-0.39, 0.29) is 17.7 Å². The molecule has 3 atom stereocenters. The minimum Gasteiger partial charge on any atom is -0.480 e. The quantitative estimate of drug-likeness (QED) is 0.756. The molecule has 5 heteroatoms.